The number of nitrogens with zero attached hydrogens (tertiary/aromatic N) is 1. The summed E-state index contributed by atoms with van der Waals surface area (Å²) in [6.45, 7) is -2.94. The molecular formula is C12H8F2N4O3. The number of hydrogen-bond acceptors (Lipinski definition) is 4. The van der Waals surface area contributed by atoms with Gasteiger partial charge in [-0.25, -0.2) is 9.78 Å². The number of rotatable bonds is 3. The van der Waals surface area contributed by atoms with Crippen LogP contribution in [0, 0.1) is 0 Å². The first kappa shape index (κ1) is 13.0. The molecule has 3 N–H and O–H groups in total. The molecule has 3 rings (SSSR count). The fourth-order valence-corrected chi connectivity index (χ4v) is 1.89. The molecule has 0 aliphatic heterocycles. The smallest absolute Gasteiger partial charge is 0.387 e. The topological polar surface area (TPSA) is 104 Å². The highest BCUT2D eigenvalue weighted by Gasteiger charge is 2.11. The van der Waals surface area contributed by atoms with E-state index in [-0.39, 0.29) is 22.7 Å². The number of aromatic nitrogens is 4. The number of aromatic amines is 3. The Labute approximate surface area is 114 Å². The number of benzene rings is 1. The molecule has 0 aliphatic rings. The molecule has 0 amide bonds. The van der Waals surface area contributed by atoms with Crippen molar-refractivity contribution in [2.24, 2.45) is 0 Å². The third kappa shape index (κ3) is 2.53. The Kier molecular flexibility index (Phi) is 3.01. The summed E-state index contributed by atoms with van der Waals surface area (Å²) in [5, 5.41) is 0. The normalized spacial score (nSPS) is 11.2. The predicted molar refractivity (Wildman–Crippen MR) is 69.4 cm³/mol. The van der Waals surface area contributed by atoms with Crippen molar-refractivity contribution in [1.29, 1.82) is 0 Å². The summed E-state index contributed by atoms with van der Waals surface area (Å²) in [5.41, 5.74) is -0.693. The molecule has 0 saturated carbocycles. The fraction of sp³-hybridized carbons (Fsp3) is 0.0833. The summed E-state index contributed by atoms with van der Waals surface area (Å²) in [6.07, 6.45) is 0. The number of alkyl halides is 2. The van der Waals surface area contributed by atoms with Crippen LogP contribution in [-0.4, -0.2) is 26.5 Å². The zero-order chi connectivity index (χ0) is 15.0. The van der Waals surface area contributed by atoms with Crippen molar-refractivity contribution in [2.75, 3.05) is 0 Å². The minimum atomic E-state index is -2.94. The molecule has 0 unspecified atom stereocenters. The Morgan fingerprint density at radius 3 is 2.71 bits per heavy atom. The van der Waals surface area contributed by atoms with Gasteiger partial charge in [0.2, 0.25) is 0 Å². The highest BCUT2D eigenvalue weighted by molar-refractivity contribution is 5.74. The number of imidazole rings is 1. The summed E-state index contributed by atoms with van der Waals surface area (Å²) < 4.78 is 28.7. The van der Waals surface area contributed by atoms with Crippen LogP contribution in [-0.2, 0) is 0 Å². The van der Waals surface area contributed by atoms with Gasteiger partial charge in [-0.15, -0.1) is 0 Å². The van der Waals surface area contributed by atoms with E-state index in [0.29, 0.717) is 5.56 Å². The van der Waals surface area contributed by atoms with E-state index in [2.05, 4.69) is 24.7 Å². The Morgan fingerprint density at radius 2 is 1.95 bits per heavy atom. The van der Waals surface area contributed by atoms with Gasteiger partial charge < -0.3 is 9.72 Å². The first-order chi connectivity index (χ1) is 10.0. The molecule has 0 bridgehead atoms. The van der Waals surface area contributed by atoms with Gasteiger partial charge in [0.25, 0.3) is 5.56 Å². The standard InChI is InChI=1S/C12H8F2N4O3/c13-11(14)21-6-3-1-2-5(4-6)8-15-7-9(16-8)17-12(20)18-10(7)19/h1-4,11H,(H3,15,16,17,18,19,20). The fourth-order valence-electron chi connectivity index (χ4n) is 1.89. The second kappa shape index (κ2) is 4.85. The minimum Gasteiger partial charge on any atom is -0.435 e. The van der Waals surface area contributed by atoms with Crippen LogP contribution in [0.1, 0.15) is 0 Å². The van der Waals surface area contributed by atoms with Gasteiger partial charge in [0.05, 0.1) is 0 Å². The lowest BCUT2D eigenvalue weighted by Crippen LogP contribution is -2.21. The number of nitrogens with one attached hydrogen (secondary N) is 3. The summed E-state index contributed by atoms with van der Waals surface area (Å²) in [7, 11) is 0. The van der Waals surface area contributed by atoms with E-state index in [9.17, 15) is 18.4 Å². The van der Waals surface area contributed by atoms with Crippen LogP contribution < -0.4 is 16.0 Å². The maximum absolute atomic E-state index is 12.2. The van der Waals surface area contributed by atoms with Gasteiger partial charge in [-0.05, 0) is 12.1 Å². The van der Waals surface area contributed by atoms with Crippen LogP contribution in [0.15, 0.2) is 33.9 Å². The zero-order valence-electron chi connectivity index (χ0n) is 10.3. The van der Waals surface area contributed by atoms with Gasteiger partial charge in [0.1, 0.15) is 17.1 Å². The minimum absolute atomic E-state index is 0.0367. The molecule has 2 aromatic heterocycles. The van der Waals surface area contributed by atoms with E-state index in [1.807, 2.05) is 0 Å². The molecule has 0 spiro atoms. The molecule has 9 heteroatoms. The van der Waals surface area contributed by atoms with Gasteiger partial charge in [0.15, 0.2) is 5.65 Å². The van der Waals surface area contributed by atoms with E-state index in [1.165, 1.54) is 18.2 Å². The second-order valence-electron chi connectivity index (χ2n) is 4.12. The van der Waals surface area contributed by atoms with E-state index in [0.717, 1.165) is 0 Å². The highest BCUT2D eigenvalue weighted by atomic mass is 19.3. The van der Waals surface area contributed by atoms with Gasteiger partial charge in [0, 0.05) is 5.56 Å². The third-order valence-corrected chi connectivity index (χ3v) is 2.72. The van der Waals surface area contributed by atoms with Crippen LogP contribution >= 0.6 is 0 Å². The van der Waals surface area contributed by atoms with Gasteiger partial charge >= 0.3 is 12.3 Å². The molecular weight excluding hydrogens is 286 g/mol. The number of hydrogen-bond donors (Lipinski definition) is 3. The quantitative estimate of drug-likeness (QED) is 0.675. The lowest BCUT2D eigenvalue weighted by Gasteiger charge is -2.05. The SMILES string of the molecule is O=c1[nH]c(=O)c2[nH]c(-c3cccc(OC(F)F)c3)nc2[nH]1. The van der Waals surface area contributed by atoms with E-state index >= 15 is 0 Å². The molecule has 3 aromatic rings. The molecule has 1 aromatic carbocycles. The Balaban J connectivity index is 2.10. The molecule has 0 radical (unpaired) electrons. The van der Waals surface area contributed by atoms with Crippen molar-refractivity contribution in [3.8, 4) is 17.1 Å². The van der Waals surface area contributed by atoms with Crippen molar-refractivity contribution in [2.45, 2.75) is 6.61 Å². The zero-order valence-corrected chi connectivity index (χ0v) is 10.3. The van der Waals surface area contributed by atoms with Gasteiger partial charge in [-0.3, -0.25) is 14.8 Å². The maximum atomic E-state index is 12.2. The lowest BCUT2D eigenvalue weighted by molar-refractivity contribution is -0.0498. The van der Waals surface area contributed by atoms with Crippen molar-refractivity contribution in [3.63, 3.8) is 0 Å². The molecule has 0 aliphatic carbocycles. The average molecular weight is 294 g/mol. The van der Waals surface area contributed by atoms with Crippen LogP contribution in [0.4, 0.5) is 8.78 Å². The van der Waals surface area contributed by atoms with Crippen LogP contribution in [0.2, 0.25) is 0 Å². The van der Waals surface area contributed by atoms with Crippen LogP contribution in [0.25, 0.3) is 22.6 Å². The maximum Gasteiger partial charge on any atom is 0.387 e. The number of fused-ring (bicyclic) bond motifs is 1. The van der Waals surface area contributed by atoms with Crippen molar-refractivity contribution < 1.29 is 13.5 Å². The largest absolute Gasteiger partial charge is 0.435 e. The molecule has 0 saturated heterocycles. The highest BCUT2D eigenvalue weighted by Crippen LogP contribution is 2.23. The van der Waals surface area contributed by atoms with E-state index in [4.69, 9.17) is 0 Å². The van der Waals surface area contributed by atoms with E-state index < -0.39 is 17.9 Å². The number of halogens is 2. The van der Waals surface area contributed by atoms with Crippen molar-refractivity contribution in [1.82, 2.24) is 19.9 Å². The Morgan fingerprint density at radius 1 is 1.14 bits per heavy atom. The van der Waals surface area contributed by atoms with Gasteiger partial charge in [-0.1, -0.05) is 12.1 Å². The van der Waals surface area contributed by atoms with Crippen molar-refractivity contribution in [3.05, 3.63) is 45.1 Å². The summed E-state index contributed by atoms with van der Waals surface area (Å²) in [4.78, 5) is 33.9. The predicted octanol–water partition coefficient (Wildman–Crippen LogP) is 1.21. The monoisotopic (exact) mass is 294 g/mol. The Hall–Kier alpha value is -2.97. The first-order valence-electron chi connectivity index (χ1n) is 5.80. The summed E-state index contributed by atoms with van der Waals surface area (Å²) in [5.74, 6) is 0.211. The molecule has 0 atom stereocenters. The molecule has 2 heterocycles. The lowest BCUT2D eigenvalue weighted by atomic mass is 10.2. The summed E-state index contributed by atoms with van der Waals surface area (Å²) in [6, 6.07) is 5.82. The van der Waals surface area contributed by atoms with Gasteiger partial charge in [-0.2, -0.15) is 8.78 Å². The average Bonchev–Trinajstić information content (AvgIpc) is 2.82. The van der Waals surface area contributed by atoms with E-state index in [1.54, 1.807) is 6.07 Å². The molecule has 108 valence electrons. The third-order valence-electron chi connectivity index (χ3n) is 2.72. The Bertz CT molecular complexity index is 912. The second-order valence-corrected chi connectivity index (χ2v) is 4.12. The first-order valence-corrected chi connectivity index (χ1v) is 5.80. The molecule has 7 nitrogen and oxygen atoms in total. The summed E-state index contributed by atoms with van der Waals surface area (Å²) >= 11 is 0. The molecule has 21 heavy (non-hydrogen) atoms. The van der Waals surface area contributed by atoms with Crippen LogP contribution in [0.3, 0.4) is 0 Å². The van der Waals surface area contributed by atoms with Crippen molar-refractivity contribution >= 4 is 11.2 Å². The number of H-pyrrole nitrogens is 3. The molecule has 0 fully saturated rings. The van der Waals surface area contributed by atoms with Crippen LogP contribution in [0.5, 0.6) is 5.75 Å². The number of ether oxygens (including phenoxy) is 1.